The van der Waals surface area contributed by atoms with Crippen molar-refractivity contribution in [3.8, 4) is 0 Å². The summed E-state index contributed by atoms with van der Waals surface area (Å²) < 4.78 is 40.7. The van der Waals surface area contributed by atoms with E-state index in [1.807, 2.05) is 0 Å². The van der Waals surface area contributed by atoms with Crippen molar-refractivity contribution in [3.63, 3.8) is 0 Å². The highest BCUT2D eigenvalue weighted by Crippen LogP contribution is 2.20. The third-order valence-electron chi connectivity index (χ3n) is 4.63. The highest BCUT2D eigenvalue weighted by atomic mass is 32.2. The summed E-state index contributed by atoms with van der Waals surface area (Å²) in [4.78, 5) is 25.4. The van der Waals surface area contributed by atoms with E-state index in [9.17, 15) is 22.4 Å². The topological polar surface area (TPSA) is 104 Å². The molecule has 4 rings (SSSR count). The van der Waals surface area contributed by atoms with Crippen LogP contribution in [0.5, 0.6) is 0 Å². The van der Waals surface area contributed by atoms with Crippen LogP contribution in [0.25, 0.3) is 0 Å². The van der Waals surface area contributed by atoms with Gasteiger partial charge in [0.25, 0.3) is 21.8 Å². The molecule has 0 unspecified atom stereocenters. The van der Waals surface area contributed by atoms with Crippen LogP contribution in [0.2, 0.25) is 0 Å². The van der Waals surface area contributed by atoms with Gasteiger partial charge in [-0.1, -0.05) is 18.2 Å². The zero-order valence-electron chi connectivity index (χ0n) is 17.5. The second kappa shape index (κ2) is 9.86. The molecule has 0 fully saturated rings. The number of sulfonamides is 1. The van der Waals surface area contributed by atoms with Crippen LogP contribution in [0.4, 0.5) is 21.5 Å². The van der Waals surface area contributed by atoms with Crippen LogP contribution in [0.15, 0.2) is 95.2 Å². The Bertz CT molecular complexity index is 1440. The Morgan fingerprint density at radius 1 is 0.735 bits per heavy atom. The SMILES string of the molecule is O=C(Nc1ccc(S(=O)(=O)Nc2cccc(F)c2)cc1)c1cccc(NC(=O)c2cccs2)c1. The molecule has 0 radical (unpaired) electrons. The van der Waals surface area contributed by atoms with Gasteiger partial charge in [-0.05, 0) is 72.1 Å². The minimum Gasteiger partial charge on any atom is -0.322 e. The first-order valence-electron chi connectivity index (χ1n) is 9.95. The molecule has 0 bridgehead atoms. The Kier molecular flexibility index (Phi) is 6.71. The molecule has 34 heavy (non-hydrogen) atoms. The second-order valence-corrected chi connectivity index (χ2v) is 9.74. The Morgan fingerprint density at radius 3 is 2.15 bits per heavy atom. The summed E-state index contributed by atoms with van der Waals surface area (Å²) in [6, 6.07) is 20.6. The lowest BCUT2D eigenvalue weighted by Gasteiger charge is -2.10. The standard InChI is InChI=1S/C24H18FN3O4S2/c25-17-5-2-7-20(15-17)28-34(31,32)21-11-9-18(10-12-21)26-23(29)16-4-1-6-19(14-16)27-24(30)22-8-3-13-33-22/h1-15,28H,(H,26,29)(H,27,30). The fourth-order valence-corrected chi connectivity index (χ4v) is 4.69. The van der Waals surface area contributed by atoms with Crippen LogP contribution in [0.1, 0.15) is 20.0 Å². The monoisotopic (exact) mass is 495 g/mol. The first-order valence-corrected chi connectivity index (χ1v) is 12.3. The summed E-state index contributed by atoms with van der Waals surface area (Å²) >= 11 is 1.31. The molecule has 1 aromatic heterocycles. The maximum Gasteiger partial charge on any atom is 0.265 e. The van der Waals surface area contributed by atoms with E-state index in [0.29, 0.717) is 21.8 Å². The van der Waals surface area contributed by atoms with Gasteiger partial charge in [-0.3, -0.25) is 14.3 Å². The van der Waals surface area contributed by atoms with Gasteiger partial charge >= 0.3 is 0 Å². The van der Waals surface area contributed by atoms with Gasteiger partial charge < -0.3 is 10.6 Å². The fourth-order valence-electron chi connectivity index (χ4n) is 3.03. The lowest BCUT2D eigenvalue weighted by molar-refractivity contribution is 0.101. The molecule has 0 saturated heterocycles. The van der Waals surface area contributed by atoms with Crippen LogP contribution in [0, 0.1) is 5.82 Å². The molecule has 3 N–H and O–H groups in total. The molecule has 0 aliphatic rings. The van der Waals surface area contributed by atoms with Gasteiger partial charge in [0.2, 0.25) is 0 Å². The number of carbonyl (C=O) groups excluding carboxylic acids is 2. The van der Waals surface area contributed by atoms with Crippen LogP contribution < -0.4 is 15.4 Å². The van der Waals surface area contributed by atoms with Gasteiger partial charge in [0.1, 0.15) is 5.82 Å². The highest BCUT2D eigenvalue weighted by Gasteiger charge is 2.15. The van der Waals surface area contributed by atoms with Crippen molar-refractivity contribution in [2.45, 2.75) is 4.90 Å². The molecule has 0 spiro atoms. The van der Waals surface area contributed by atoms with Gasteiger partial charge in [-0.15, -0.1) is 11.3 Å². The van der Waals surface area contributed by atoms with E-state index < -0.39 is 21.7 Å². The molecule has 10 heteroatoms. The number of halogens is 1. The smallest absolute Gasteiger partial charge is 0.265 e. The fraction of sp³-hybridized carbons (Fsp3) is 0. The van der Waals surface area contributed by atoms with E-state index in [0.717, 1.165) is 6.07 Å². The van der Waals surface area contributed by atoms with Gasteiger partial charge in [0.15, 0.2) is 0 Å². The quantitative estimate of drug-likeness (QED) is 0.328. The molecule has 0 atom stereocenters. The number of benzene rings is 3. The predicted molar refractivity (Wildman–Crippen MR) is 130 cm³/mol. The summed E-state index contributed by atoms with van der Waals surface area (Å²) in [6.45, 7) is 0. The summed E-state index contributed by atoms with van der Waals surface area (Å²) in [6.07, 6.45) is 0. The molecular weight excluding hydrogens is 477 g/mol. The summed E-state index contributed by atoms with van der Waals surface area (Å²) in [7, 11) is -3.93. The molecule has 3 aromatic carbocycles. The van der Waals surface area contributed by atoms with E-state index in [2.05, 4.69) is 15.4 Å². The summed E-state index contributed by atoms with van der Waals surface area (Å²) in [5.41, 5.74) is 1.26. The van der Waals surface area contributed by atoms with Gasteiger partial charge in [0, 0.05) is 16.9 Å². The Morgan fingerprint density at radius 2 is 1.44 bits per heavy atom. The molecule has 172 valence electrons. The maximum atomic E-state index is 13.3. The number of anilines is 3. The minimum atomic E-state index is -3.93. The van der Waals surface area contributed by atoms with E-state index in [-0.39, 0.29) is 16.5 Å². The van der Waals surface area contributed by atoms with E-state index in [1.54, 1.807) is 41.8 Å². The zero-order chi connectivity index (χ0) is 24.1. The lowest BCUT2D eigenvalue weighted by atomic mass is 10.1. The molecule has 0 aliphatic carbocycles. The van der Waals surface area contributed by atoms with Crippen molar-refractivity contribution in [2.75, 3.05) is 15.4 Å². The van der Waals surface area contributed by atoms with Gasteiger partial charge in [-0.2, -0.15) is 0 Å². The zero-order valence-corrected chi connectivity index (χ0v) is 19.1. The van der Waals surface area contributed by atoms with Crippen molar-refractivity contribution in [1.29, 1.82) is 0 Å². The normalized spacial score (nSPS) is 11.0. The summed E-state index contributed by atoms with van der Waals surface area (Å²) in [5.74, 6) is -1.26. The number of amides is 2. The van der Waals surface area contributed by atoms with Crippen molar-refractivity contribution in [2.24, 2.45) is 0 Å². The van der Waals surface area contributed by atoms with Crippen molar-refractivity contribution in [1.82, 2.24) is 0 Å². The number of hydrogen-bond acceptors (Lipinski definition) is 5. The Hall–Kier alpha value is -4.02. The lowest BCUT2D eigenvalue weighted by Crippen LogP contribution is -2.15. The van der Waals surface area contributed by atoms with E-state index in [1.165, 1.54) is 53.8 Å². The van der Waals surface area contributed by atoms with Crippen molar-refractivity contribution >= 4 is 50.2 Å². The molecule has 1 heterocycles. The average Bonchev–Trinajstić information content (AvgIpc) is 3.35. The number of nitrogens with one attached hydrogen (secondary N) is 3. The first kappa shape index (κ1) is 23.1. The summed E-state index contributed by atoms with van der Waals surface area (Å²) in [5, 5.41) is 7.23. The molecular formula is C24H18FN3O4S2. The van der Waals surface area contributed by atoms with Crippen molar-refractivity contribution in [3.05, 3.63) is 107 Å². The Balaban J connectivity index is 1.42. The number of rotatable bonds is 7. The molecule has 2 amide bonds. The van der Waals surface area contributed by atoms with E-state index in [4.69, 9.17) is 0 Å². The third kappa shape index (κ3) is 5.66. The first-order chi connectivity index (χ1) is 16.3. The molecule has 0 saturated carbocycles. The van der Waals surface area contributed by atoms with Gasteiger partial charge in [-0.25, -0.2) is 12.8 Å². The van der Waals surface area contributed by atoms with Crippen LogP contribution in [-0.4, -0.2) is 20.2 Å². The predicted octanol–water partition coefficient (Wildman–Crippen LogP) is 5.19. The van der Waals surface area contributed by atoms with Crippen molar-refractivity contribution < 1.29 is 22.4 Å². The van der Waals surface area contributed by atoms with Crippen LogP contribution in [-0.2, 0) is 10.0 Å². The molecule has 0 aliphatic heterocycles. The third-order valence-corrected chi connectivity index (χ3v) is 6.89. The Labute approximate surface area is 199 Å². The largest absolute Gasteiger partial charge is 0.322 e. The van der Waals surface area contributed by atoms with Crippen LogP contribution >= 0.6 is 11.3 Å². The number of hydrogen-bond donors (Lipinski definition) is 3. The number of carbonyl (C=O) groups is 2. The highest BCUT2D eigenvalue weighted by molar-refractivity contribution is 7.92. The van der Waals surface area contributed by atoms with E-state index >= 15 is 0 Å². The molecule has 4 aromatic rings. The van der Waals surface area contributed by atoms with Crippen LogP contribution in [0.3, 0.4) is 0 Å². The average molecular weight is 496 g/mol. The number of thiophene rings is 1. The van der Waals surface area contributed by atoms with Gasteiger partial charge in [0.05, 0.1) is 15.5 Å². The molecule has 7 nitrogen and oxygen atoms in total. The second-order valence-electron chi connectivity index (χ2n) is 7.11. The minimum absolute atomic E-state index is 0.0481. The maximum absolute atomic E-state index is 13.3.